The molecule has 17 nitrogen and oxygen atoms in total. The number of carbonyl (C=O) groups excluding carboxylic acids is 6. The second kappa shape index (κ2) is 23.7. The van der Waals surface area contributed by atoms with Gasteiger partial charge in [0.2, 0.25) is 5.60 Å². The zero-order valence-corrected chi connectivity index (χ0v) is 29.0. The predicted molar refractivity (Wildman–Crippen MR) is 172 cm³/mol. The molecule has 0 aromatic rings. The van der Waals surface area contributed by atoms with Crippen LogP contribution in [0.2, 0.25) is 6.04 Å². The van der Waals surface area contributed by atoms with Gasteiger partial charge in [0.15, 0.2) is 0 Å². The zero-order chi connectivity index (χ0) is 37.3. The summed E-state index contributed by atoms with van der Waals surface area (Å²) in [6.07, 6.45) is 3.73. The first-order valence-corrected chi connectivity index (χ1v) is 16.4. The number of ether oxygens (including phenoxy) is 7. The van der Waals surface area contributed by atoms with E-state index in [1.807, 2.05) is 0 Å². The van der Waals surface area contributed by atoms with Crippen molar-refractivity contribution in [2.24, 2.45) is 5.41 Å². The molecule has 0 bridgehead atoms. The summed E-state index contributed by atoms with van der Waals surface area (Å²) in [7, 11) is 1.46. The van der Waals surface area contributed by atoms with E-state index >= 15 is 0 Å². The number of hydrogen-bond acceptors (Lipinski definition) is 16. The highest BCUT2D eigenvalue weighted by molar-refractivity contribution is 6.60. The van der Waals surface area contributed by atoms with Gasteiger partial charge in [-0.3, -0.25) is 0 Å². The molecular weight excluding hydrogens is 670 g/mol. The van der Waals surface area contributed by atoms with Crippen molar-refractivity contribution in [1.82, 2.24) is 5.32 Å². The average Bonchev–Trinajstić information content (AvgIpc) is 3.12. The maximum Gasteiger partial charge on any atom is 0.500 e. The van der Waals surface area contributed by atoms with E-state index in [1.165, 1.54) is 21.3 Å². The Hall–Kier alpha value is -4.62. The first-order valence-electron chi connectivity index (χ1n) is 14.4. The van der Waals surface area contributed by atoms with Crippen molar-refractivity contribution in [1.29, 1.82) is 0 Å². The van der Waals surface area contributed by atoms with Crippen LogP contribution in [0.5, 0.6) is 0 Å². The molecule has 0 radical (unpaired) electrons. The topological polar surface area (TPSA) is 207 Å². The summed E-state index contributed by atoms with van der Waals surface area (Å²) in [5.74, 6) is -4.50. The number of carbonyl (C=O) groups is 6. The molecule has 0 aromatic carbocycles. The van der Waals surface area contributed by atoms with E-state index in [1.54, 1.807) is 0 Å². The van der Waals surface area contributed by atoms with E-state index in [-0.39, 0.29) is 6.54 Å². The number of alkyl carbamates (subject to hydrolysis) is 1. The molecular formula is C31H45NO16Si. The average molecular weight is 716 g/mol. The molecule has 0 heterocycles. The molecule has 0 aliphatic heterocycles. The van der Waals surface area contributed by atoms with Gasteiger partial charge < -0.3 is 51.8 Å². The van der Waals surface area contributed by atoms with Crippen LogP contribution in [0.25, 0.3) is 0 Å². The number of rotatable bonds is 27. The van der Waals surface area contributed by atoms with Crippen molar-refractivity contribution in [2.45, 2.75) is 18.1 Å². The summed E-state index contributed by atoms with van der Waals surface area (Å²) in [6, 6.07) is 0.372. The second-order valence-corrected chi connectivity index (χ2v) is 13.0. The summed E-state index contributed by atoms with van der Waals surface area (Å²) in [4.78, 5) is 72.8. The van der Waals surface area contributed by atoms with Gasteiger partial charge in [0.25, 0.3) is 0 Å². The lowest BCUT2D eigenvalue weighted by atomic mass is 9.92. The van der Waals surface area contributed by atoms with Crippen molar-refractivity contribution < 1.29 is 75.2 Å². The minimum Gasteiger partial charge on any atom is -0.462 e. The zero-order valence-electron chi connectivity index (χ0n) is 28.0. The van der Waals surface area contributed by atoms with Crippen molar-refractivity contribution in [2.75, 3.05) is 74.1 Å². The van der Waals surface area contributed by atoms with Gasteiger partial charge in [-0.15, -0.1) is 0 Å². The van der Waals surface area contributed by atoms with Crippen molar-refractivity contribution >= 4 is 44.7 Å². The maximum atomic E-state index is 12.6. The van der Waals surface area contributed by atoms with E-state index in [0.717, 1.165) is 30.4 Å². The molecule has 0 aliphatic rings. The van der Waals surface area contributed by atoms with Gasteiger partial charge in [-0.25, -0.2) is 28.8 Å². The Morgan fingerprint density at radius 3 is 1.39 bits per heavy atom. The predicted octanol–water partition coefficient (Wildman–Crippen LogP) is 1.37. The first-order chi connectivity index (χ1) is 23.3. The minimum atomic E-state index is -2.89. The Balaban J connectivity index is 6.23. The van der Waals surface area contributed by atoms with E-state index in [9.17, 15) is 28.8 Å². The summed E-state index contributed by atoms with van der Waals surface area (Å²) in [5, 5.41) is 2.52. The second-order valence-electron chi connectivity index (χ2n) is 9.95. The molecule has 49 heavy (non-hydrogen) atoms. The lowest BCUT2D eigenvalue weighted by molar-refractivity contribution is -0.189. The fraction of sp³-hybridized carbons (Fsp3) is 0.484. The molecule has 0 aromatic heterocycles. The molecule has 0 fully saturated rings. The van der Waals surface area contributed by atoms with Crippen LogP contribution in [0.15, 0.2) is 63.3 Å². The fourth-order valence-corrected chi connectivity index (χ4v) is 5.30. The van der Waals surface area contributed by atoms with Crippen LogP contribution in [0.1, 0.15) is 6.42 Å². The lowest BCUT2D eigenvalue weighted by Gasteiger charge is -2.35. The third-order valence-electron chi connectivity index (χ3n) is 6.29. The SMILES string of the molecule is C=CC(=O)OCC(COCC(COC(=O)C=C)(COC(=O)NCCC[Si](OC)(OC)OC)OC(=O)C=C)(COC(=O)C=C)COC(=O)C=C. The maximum absolute atomic E-state index is 12.6. The monoisotopic (exact) mass is 715 g/mol. The van der Waals surface area contributed by atoms with Gasteiger partial charge in [0.05, 0.1) is 18.6 Å². The fourth-order valence-electron chi connectivity index (χ4n) is 3.58. The van der Waals surface area contributed by atoms with E-state index in [2.05, 4.69) is 38.2 Å². The van der Waals surface area contributed by atoms with Crippen molar-refractivity contribution in [3.8, 4) is 0 Å². The van der Waals surface area contributed by atoms with Crippen LogP contribution in [-0.4, -0.2) is 124 Å². The summed E-state index contributed by atoms with van der Waals surface area (Å²) in [5.41, 5.74) is -3.56. The molecule has 0 aliphatic carbocycles. The highest BCUT2D eigenvalue weighted by atomic mass is 28.4. The van der Waals surface area contributed by atoms with Crippen molar-refractivity contribution in [3.63, 3.8) is 0 Å². The van der Waals surface area contributed by atoms with Gasteiger partial charge in [0, 0.05) is 64.3 Å². The van der Waals surface area contributed by atoms with Crippen LogP contribution in [-0.2, 0) is 70.4 Å². The van der Waals surface area contributed by atoms with Gasteiger partial charge in [-0.2, -0.15) is 0 Å². The Labute approximate surface area is 286 Å². The van der Waals surface area contributed by atoms with Gasteiger partial charge >= 0.3 is 44.7 Å². The number of hydrogen-bond donors (Lipinski definition) is 1. The molecule has 1 atom stereocenters. The standard InChI is InChI=1S/C31H45NO16Si/c1-9-24(33)43-18-30(19-44-25(34)10-2,20-45-26(35)11-3)17-42-21-31(48-28(37)13-5,22-46-27(36)12-4)23-47-29(38)32-15-14-16-49(39-6,40-7)41-8/h9-13H,1-5,14-23H2,6-8H3,(H,32,38). The van der Waals surface area contributed by atoms with E-state index < -0.39 is 102 Å². The minimum absolute atomic E-state index is 0.115. The molecule has 0 saturated heterocycles. The highest BCUT2D eigenvalue weighted by Crippen LogP contribution is 2.24. The van der Waals surface area contributed by atoms with E-state index in [4.69, 9.17) is 46.4 Å². The number of amides is 1. The lowest BCUT2D eigenvalue weighted by Crippen LogP contribution is -2.51. The highest BCUT2D eigenvalue weighted by Gasteiger charge is 2.42. The van der Waals surface area contributed by atoms with Gasteiger partial charge in [-0.05, 0) is 6.42 Å². The summed E-state index contributed by atoms with van der Waals surface area (Å²) < 4.78 is 53.3. The molecule has 18 heteroatoms. The third kappa shape index (κ3) is 17.4. The smallest absolute Gasteiger partial charge is 0.462 e. The normalized spacial score (nSPS) is 12.1. The Bertz CT molecular complexity index is 1120. The third-order valence-corrected chi connectivity index (χ3v) is 9.12. The molecule has 274 valence electrons. The molecule has 1 N–H and O–H groups in total. The van der Waals surface area contributed by atoms with Crippen LogP contribution in [0.3, 0.4) is 0 Å². The van der Waals surface area contributed by atoms with Crippen LogP contribution >= 0.6 is 0 Å². The number of nitrogens with one attached hydrogen (secondary N) is 1. The molecule has 0 rings (SSSR count). The Kier molecular flexibility index (Phi) is 21.4. The van der Waals surface area contributed by atoms with Crippen molar-refractivity contribution in [3.05, 3.63) is 63.3 Å². The molecule has 1 unspecified atom stereocenters. The Morgan fingerprint density at radius 2 is 0.980 bits per heavy atom. The Morgan fingerprint density at radius 1 is 0.571 bits per heavy atom. The van der Waals surface area contributed by atoms with Crippen LogP contribution in [0, 0.1) is 5.41 Å². The molecule has 0 spiro atoms. The van der Waals surface area contributed by atoms with E-state index in [0.29, 0.717) is 12.5 Å². The van der Waals surface area contributed by atoms with Crippen LogP contribution < -0.4 is 5.32 Å². The summed E-state index contributed by atoms with van der Waals surface area (Å²) in [6.45, 7) is 12.6. The van der Waals surface area contributed by atoms with Gasteiger partial charge in [0.1, 0.15) is 33.0 Å². The van der Waals surface area contributed by atoms with Crippen LogP contribution in [0.4, 0.5) is 4.79 Å². The first kappa shape index (κ1) is 44.4. The molecule has 1 amide bonds. The quantitative estimate of drug-likeness (QED) is 0.0419. The molecule has 0 saturated carbocycles. The number of esters is 5. The summed E-state index contributed by atoms with van der Waals surface area (Å²) >= 11 is 0. The van der Waals surface area contributed by atoms with Gasteiger partial charge in [-0.1, -0.05) is 32.9 Å². The largest absolute Gasteiger partial charge is 0.500 e.